The lowest BCUT2D eigenvalue weighted by molar-refractivity contribution is -0.136. The normalized spacial score (nSPS) is 25.2. The lowest BCUT2D eigenvalue weighted by Gasteiger charge is -2.35. The zero-order chi connectivity index (χ0) is 24.4. The van der Waals surface area contributed by atoms with E-state index in [1.54, 1.807) is 50.2 Å². The van der Waals surface area contributed by atoms with Gasteiger partial charge >= 0.3 is 5.97 Å². The molecule has 4 atom stereocenters. The molecule has 3 heterocycles. The van der Waals surface area contributed by atoms with Crippen LogP contribution in [0.4, 0.5) is 5.69 Å². The number of fused-ring (bicyclic) bond motifs is 5. The highest BCUT2D eigenvalue weighted by Crippen LogP contribution is 2.53. The number of imide groups is 1. The Kier molecular flexibility index (Phi) is 4.93. The minimum Gasteiger partial charge on any atom is -0.465 e. The summed E-state index contributed by atoms with van der Waals surface area (Å²) in [6.45, 7) is 5.39. The van der Waals surface area contributed by atoms with Crippen LogP contribution in [0.25, 0.3) is 0 Å². The third kappa shape index (κ3) is 3.01. The first kappa shape index (κ1) is 22.0. The fourth-order valence-corrected chi connectivity index (χ4v) is 5.30. The zero-order valence-corrected chi connectivity index (χ0v) is 19.4. The van der Waals surface area contributed by atoms with Crippen LogP contribution in [0.3, 0.4) is 0 Å². The second kappa shape index (κ2) is 7.62. The predicted octanol–water partition coefficient (Wildman–Crippen LogP) is 2.97. The Labute approximate surface area is 197 Å². The molecule has 0 bridgehead atoms. The number of carbonyl (C=O) groups is 4. The molecule has 8 heteroatoms. The van der Waals surface area contributed by atoms with E-state index in [0.717, 1.165) is 16.0 Å². The van der Waals surface area contributed by atoms with Crippen molar-refractivity contribution in [3.63, 3.8) is 0 Å². The minimum absolute atomic E-state index is 0.115. The summed E-state index contributed by atoms with van der Waals surface area (Å²) in [4.78, 5) is 54.9. The molecule has 0 spiro atoms. The molecule has 2 amide bonds. The highest BCUT2D eigenvalue weighted by atomic mass is 16.5. The van der Waals surface area contributed by atoms with Crippen LogP contribution in [0, 0.1) is 17.3 Å². The van der Waals surface area contributed by atoms with E-state index >= 15 is 0 Å². The highest BCUT2D eigenvalue weighted by Gasteiger charge is 2.66. The van der Waals surface area contributed by atoms with E-state index in [4.69, 9.17) is 4.74 Å². The molecule has 3 aliphatic heterocycles. The van der Waals surface area contributed by atoms with Gasteiger partial charge in [0.15, 0.2) is 5.78 Å². The number of nitrogens with zero attached hydrogens (tertiary/aromatic N) is 3. The van der Waals surface area contributed by atoms with Crippen LogP contribution in [-0.4, -0.2) is 47.9 Å². The van der Waals surface area contributed by atoms with Crippen molar-refractivity contribution in [1.82, 2.24) is 5.01 Å². The average Bonchev–Trinajstić information content (AvgIpc) is 3.30. The number of hydrogen-bond acceptors (Lipinski definition) is 7. The smallest absolute Gasteiger partial charge is 0.339 e. The van der Waals surface area contributed by atoms with E-state index in [2.05, 4.69) is 5.10 Å². The van der Waals surface area contributed by atoms with Crippen LogP contribution in [0.1, 0.15) is 48.3 Å². The molecule has 2 aromatic rings. The van der Waals surface area contributed by atoms with Gasteiger partial charge in [-0.15, -0.1) is 0 Å². The number of methoxy groups -OCH3 is 1. The first-order valence-electron chi connectivity index (χ1n) is 11.2. The van der Waals surface area contributed by atoms with Gasteiger partial charge in [-0.25, -0.2) is 9.69 Å². The molecule has 0 unspecified atom stereocenters. The molecule has 174 valence electrons. The van der Waals surface area contributed by atoms with Gasteiger partial charge in [0.1, 0.15) is 6.04 Å². The molecule has 2 saturated heterocycles. The Morgan fingerprint density at radius 1 is 0.941 bits per heavy atom. The van der Waals surface area contributed by atoms with E-state index < -0.39 is 47.1 Å². The van der Waals surface area contributed by atoms with Crippen LogP contribution in [0.5, 0.6) is 0 Å². The first-order chi connectivity index (χ1) is 16.2. The second-order valence-electron chi connectivity index (χ2n) is 9.83. The third-order valence-electron chi connectivity index (χ3n) is 6.85. The molecule has 2 aromatic carbocycles. The fourth-order valence-electron chi connectivity index (χ4n) is 5.30. The number of carbonyl (C=O) groups excluding carboxylic acids is 4. The van der Waals surface area contributed by atoms with Crippen LogP contribution in [0.2, 0.25) is 0 Å². The molecule has 0 aromatic heterocycles. The van der Waals surface area contributed by atoms with E-state index in [0.29, 0.717) is 0 Å². The summed E-state index contributed by atoms with van der Waals surface area (Å²) in [6.07, 6.45) is 1.68. The van der Waals surface area contributed by atoms with Gasteiger partial charge in [-0.3, -0.25) is 19.4 Å². The minimum atomic E-state index is -0.918. The largest absolute Gasteiger partial charge is 0.465 e. The molecule has 5 rings (SSSR count). The number of para-hydroxylation sites is 1. The molecular formula is C26H25N3O5. The average molecular weight is 460 g/mol. The van der Waals surface area contributed by atoms with Gasteiger partial charge in [-0.05, 0) is 23.3 Å². The molecule has 2 fully saturated rings. The number of ketones is 1. The molecule has 0 saturated carbocycles. The van der Waals surface area contributed by atoms with Crippen LogP contribution in [0.15, 0.2) is 53.6 Å². The number of anilines is 1. The Hall–Kier alpha value is -3.81. The first-order valence-corrected chi connectivity index (χ1v) is 11.2. The van der Waals surface area contributed by atoms with E-state index in [1.807, 2.05) is 24.3 Å². The summed E-state index contributed by atoms with van der Waals surface area (Å²) in [5.74, 6) is -3.49. The number of hydrazone groups is 1. The van der Waals surface area contributed by atoms with Crippen LogP contribution in [-0.2, 0) is 19.1 Å². The van der Waals surface area contributed by atoms with E-state index in [1.165, 1.54) is 13.2 Å². The van der Waals surface area contributed by atoms with Crippen molar-refractivity contribution in [1.29, 1.82) is 0 Å². The van der Waals surface area contributed by atoms with Crippen molar-refractivity contribution in [2.24, 2.45) is 22.4 Å². The van der Waals surface area contributed by atoms with Gasteiger partial charge < -0.3 is 4.74 Å². The predicted molar refractivity (Wildman–Crippen MR) is 124 cm³/mol. The Balaban J connectivity index is 1.68. The van der Waals surface area contributed by atoms with Crippen molar-refractivity contribution in [3.8, 4) is 0 Å². The SMILES string of the molecule is COC(=O)c1ccccc1N1C(=O)[C@@H]2[C@H](C1=O)[C@@H]1c3ccccc3C=NN1[C@@H]2C(=O)C(C)(C)C. The molecular weight excluding hydrogens is 434 g/mol. The molecule has 0 radical (unpaired) electrons. The summed E-state index contributed by atoms with van der Waals surface area (Å²) in [7, 11) is 1.24. The van der Waals surface area contributed by atoms with Gasteiger partial charge in [0.25, 0.3) is 0 Å². The zero-order valence-electron chi connectivity index (χ0n) is 19.4. The summed E-state index contributed by atoms with van der Waals surface area (Å²) >= 11 is 0. The van der Waals surface area contributed by atoms with E-state index in [9.17, 15) is 19.2 Å². The van der Waals surface area contributed by atoms with E-state index in [-0.39, 0.29) is 17.0 Å². The summed E-state index contributed by atoms with van der Waals surface area (Å²) in [5, 5.41) is 6.19. The second-order valence-corrected chi connectivity index (χ2v) is 9.83. The third-order valence-corrected chi connectivity index (χ3v) is 6.85. The van der Waals surface area contributed by atoms with Gasteiger partial charge in [0.05, 0.1) is 42.5 Å². The van der Waals surface area contributed by atoms with Gasteiger partial charge in [0.2, 0.25) is 11.8 Å². The Morgan fingerprint density at radius 3 is 2.29 bits per heavy atom. The summed E-state index contributed by atoms with van der Waals surface area (Å²) < 4.78 is 4.87. The number of Topliss-reactive ketones (excluding diaryl/α,β-unsaturated/α-hetero) is 1. The summed E-state index contributed by atoms with van der Waals surface area (Å²) in [5.41, 5.74) is 1.22. The number of amides is 2. The Morgan fingerprint density at radius 2 is 1.59 bits per heavy atom. The van der Waals surface area contributed by atoms with Crippen molar-refractivity contribution in [2.45, 2.75) is 32.9 Å². The lowest BCUT2D eigenvalue weighted by atomic mass is 9.79. The number of rotatable bonds is 3. The van der Waals surface area contributed by atoms with Crippen LogP contribution >= 0.6 is 0 Å². The quantitative estimate of drug-likeness (QED) is 0.517. The van der Waals surface area contributed by atoms with Gasteiger partial charge in [-0.1, -0.05) is 57.2 Å². The standard InChI is InChI=1S/C26H25N3O5/c1-26(2,3)22(30)21-19-18(20-15-10-6-5-9-14(15)13-27-29(20)21)23(31)28(24(19)32)17-12-8-7-11-16(17)25(33)34-4/h5-13,18-21H,1-4H3/t18-,19+,20-,21-/m0/s1. The van der Waals surface area contributed by atoms with Crippen LogP contribution < -0.4 is 4.90 Å². The maximum atomic E-state index is 13.9. The monoisotopic (exact) mass is 459 g/mol. The van der Waals surface area contributed by atoms with Gasteiger partial charge in [0, 0.05) is 5.41 Å². The number of hydrogen-bond donors (Lipinski definition) is 0. The lowest BCUT2D eigenvalue weighted by Crippen LogP contribution is -2.48. The topological polar surface area (TPSA) is 96.3 Å². The van der Waals surface area contributed by atoms with Crippen molar-refractivity contribution in [3.05, 3.63) is 65.2 Å². The highest BCUT2D eigenvalue weighted by molar-refractivity contribution is 6.25. The molecule has 0 aliphatic carbocycles. The maximum absolute atomic E-state index is 13.9. The van der Waals surface area contributed by atoms with Crippen molar-refractivity contribution in [2.75, 3.05) is 12.0 Å². The van der Waals surface area contributed by atoms with Crippen molar-refractivity contribution >= 4 is 35.5 Å². The molecule has 0 N–H and O–H groups in total. The summed E-state index contributed by atoms with van der Waals surface area (Å²) in [6, 6.07) is 12.5. The number of ether oxygens (including phenoxy) is 1. The Bertz CT molecular complexity index is 1260. The number of esters is 1. The maximum Gasteiger partial charge on any atom is 0.339 e. The van der Waals surface area contributed by atoms with Crippen molar-refractivity contribution < 1.29 is 23.9 Å². The fraction of sp³-hybridized carbons (Fsp3) is 0.346. The molecule has 3 aliphatic rings. The van der Waals surface area contributed by atoms with Gasteiger partial charge in [-0.2, -0.15) is 5.10 Å². The molecule has 34 heavy (non-hydrogen) atoms. The number of benzene rings is 2. The molecule has 8 nitrogen and oxygen atoms in total.